The van der Waals surface area contributed by atoms with Crippen LogP contribution in [0, 0.1) is 10.9 Å². The standard InChI is InChI=1S/C17H25ClF2N4O2S3/c1-24(2)11(10-28(3,4)5)8-21-14-7-13(19)15(6-12(14)18)29(25,26)23-17-22-9-16(20)27-17/h6-7,9,11,21H,8,10H2,1-5H3,(H,22,23)/t11-/m1/s1. The molecule has 0 spiro atoms. The normalized spacial score (nSPS) is 14.1. The molecule has 2 N–H and O–H groups in total. The maximum absolute atomic E-state index is 14.6. The number of hydrogen-bond acceptors (Lipinski definition) is 6. The highest BCUT2D eigenvalue weighted by atomic mass is 35.5. The van der Waals surface area contributed by atoms with Crippen molar-refractivity contribution in [2.75, 3.05) is 55.2 Å². The van der Waals surface area contributed by atoms with Crippen LogP contribution in [0.3, 0.4) is 0 Å². The van der Waals surface area contributed by atoms with Crippen molar-refractivity contribution in [3.63, 3.8) is 0 Å². The summed E-state index contributed by atoms with van der Waals surface area (Å²) in [6.45, 7) is 0.527. The van der Waals surface area contributed by atoms with E-state index in [1.54, 1.807) is 0 Å². The van der Waals surface area contributed by atoms with Gasteiger partial charge in [0.05, 0.1) is 16.9 Å². The Hall–Kier alpha value is -1.14. The fraction of sp³-hybridized carbons (Fsp3) is 0.471. The SMILES string of the molecule is CN(C)[C@H](CNc1cc(F)c(S(=O)(=O)Nc2ncc(F)s2)cc1Cl)CS(C)(C)C. The van der Waals surface area contributed by atoms with Gasteiger partial charge in [0.25, 0.3) is 10.0 Å². The molecule has 0 radical (unpaired) electrons. The van der Waals surface area contributed by atoms with E-state index < -0.39 is 35.9 Å². The summed E-state index contributed by atoms with van der Waals surface area (Å²) in [4.78, 5) is 5.03. The fourth-order valence-electron chi connectivity index (χ4n) is 2.54. The molecule has 0 unspecified atom stereocenters. The van der Waals surface area contributed by atoms with Crippen molar-refractivity contribution in [3.8, 4) is 0 Å². The average molecular weight is 487 g/mol. The van der Waals surface area contributed by atoms with E-state index in [0.717, 1.165) is 24.1 Å². The molecule has 1 aromatic heterocycles. The van der Waals surface area contributed by atoms with Crippen LogP contribution in [-0.4, -0.2) is 69.5 Å². The van der Waals surface area contributed by atoms with Gasteiger partial charge in [0.15, 0.2) is 10.3 Å². The number of benzene rings is 1. The summed E-state index contributed by atoms with van der Waals surface area (Å²) in [5.74, 6) is 0.0118. The number of nitrogens with zero attached hydrogens (tertiary/aromatic N) is 2. The minimum absolute atomic E-state index is 0.0673. The summed E-state index contributed by atoms with van der Waals surface area (Å²) in [5, 5.41) is 2.33. The van der Waals surface area contributed by atoms with Crippen LogP contribution in [0.1, 0.15) is 0 Å². The summed E-state index contributed by atoms with van der Waals surface area (Å²) < 4.78 is 54.5. The largest absolute Gasteiger partial charge is 0.382 e. The van der Waals surface area contributed by atoms with Crippen molar-refractivity contribution in [1.29, 1.82) is 0 Å². The van der Waals surface area contributed by atoms with Crippen LogP contribution in [-0.2, 0) is 10.0 Å². The Balaban J connectivity index is 2.20. The van der Waals surface area contributed by atoms with E-state index >= 15 is 0 Å². The topological polar surface area (TPSA) is 74.3 Å². The van der Waals surface area contributed by atoms with Crippen molar-refractivity contribution in [3.05, 3.63) is 34.3 Å². The number of hydrogen-bond donors (Lipinski definition) is 2. The van der Waals surface area contributed by atoms with Gasteiger partial charge in [-0.05, 0) is 50.7 Å². The van der Waals surface area contributed by atoms with Crippen LogP contribution in [0.4, 0.5) is 19.6 Å². The van der Waals surface area contributed by atoms with Crippen LogP contribution in [0.25, 0.3) is 0 Å². The minimum atomic E-state index is -4.30. The van der Waals surface area contributed by atoms with Crippen LogP contribution >= 0.6 is 33.0 Å². The molecule has 0 saturated carbocycles. The van der Waals surface area contributed by atoms with Gasteiger partial charge in [-0.3, -0.25) is 4.72 Å². The van der Waals surface area contributed by atoms with Gasteiger partial charge < -0.3 is 10.2 Å². The van der Waals surface area contributed by atoms with E-state index in [-0.39, 0.29) is 16.2 Å². The molecule has 1 atom stereocenters. The predicted octanol–water partition coefficient (Wildman–Crippen LogP) is 3.91. The van der Waals surface area contributed by atoms with E-state index in [2.05, 4.69) is 38.7 Å². The molecule has 2 rings (SSSR count). The zero-order chi connectivity index (χ0) is 22.0. The number of rotatable bonds is 9. The Morgan fingerprint density at radius 1 is 1.24 bits per heavy atom. The summed E-state index contributed by atoms with van der Waals surface area (Å²) in [6.07, 6.45) is 7.53. The molecular weight excluding hydrogens is 462 g/mol. The molecule has 0 amide bonds. The minimum Gasteiger partial charge on any atom is -0.382 e. The highest BCUT2D eigenvalue weighted by molar-refractivity contribution is 8.32. The predicted molar refractivity (Wildman–Crippen MR) is 120 cm³/mol. The molecule has 12 heteroatoms. The van der Waals surface area contributed by atoms with E-state index in [9.17, 15) is 17.2 Å². The van der Waals surface area contributed by atoms with Crippen LogP contribution in [0.15, 0.2) is 23.2 Å². The maximum Gasteiger partial charge on any atom is 0.266 e. The Morgan fingerprint density at radius 3 is 2.41 bits per heavy atom. The lowest BCUT2D eigenvalue weighted by Gasteiger charge is -2.34. The van der Waals surface area contributed by atoms with Gasteiger partial charge in [-0.25, -0.2) is 27.8 Å². The highest BCUT2D eigenvalue weighted by Crippen LogP contribution is 2.36. The molecule has 0 aliphatic heterocycles. The number of nitrogens with one attached hydrogen (secondary N) is 2. The van der Waals surface area contributed by atoms with E-state index in [1.807, 2.05) is 14.1 Å². The molecular formula is C17H25ClF2N4O2S3. The van der Waals surface area contributed by atoms with Gasteiger partial charge in [-0.1, -0.05) is 22.9 Å². The number of likely N-dealkylation sites (N-methyl/N-ethyl adjacent to an activating group) is 1. The van der Waals surface area contributed by atoms with Crippen molar-refractivity contribution in [1.82, 2.24) is 9.88 Å². The van der Waals surface area contributed by atoms with Crippen LogP contribution in [0.5, 0.6) is 0 Å². The maximum atomic E-state index is 14.6. The Bertz CT molecular complexity index is 962. The first-order chi connectivity index (χ1) is 13.3. The van der Waals surface area contributed by atoms with Crippen molar-refractivity contribution < 1.29 is 17.2 Å². The lowest BCUT2D eigenvalue weighted by Crippen LogP contribution is -2.38. The Labute approximate surface area is 181 Å². The third kappa shape index (κ3) is 6.95. The summed E-state index contributed by atoms with van der Waals surface area (Å²) in [5.41, 5.74) is 0.305. The molecule has 1 heterocycles. The van der Waals surface area contributed by atoms with Crippen molar-refractivity contribution in [2.45, 2.75) is 10.9 Å². The summed E-state index contributed by atoms with van der Waals surface area (Å²) in [7, 11) is -1.10. The average Bonchev–Trinajstić information content (AvgIpc) is 2.96. The quantitative estimate of drug-likeness (QED) is 0.562. The number of anilines is 2. The van der Waals surface area contributed by atoms with Crippen molar-refractivity contribution in [2.24, 2.45) is 0 Å². The highest BCUT2D eigenvalue weighted by Gasteiger charge is 2.24. The monoisotopic (exact) mass is 486 g/mol. The number of thiazole rings is 1. The molecule has 0 bridgehead atoms. The first-order valence-corrected chi connectivity index (χ1v) is 14.2. The van der Waals surface area contributed by atoms with E-state index in [1.165, 1.54) is 0 Å². The molecule has 29 heavy (non-hydrogen) atoms. The van der Waals surface area contributed by atoms with Gasteiger partial charge >= 0.3 is 0 Å². The van der Waals surface area contributed by atoms with Gasteiger partial charge in [0.2, 0.25) is 0 Å². The smallest absolute Gasteiger partial charge is 0.266 e. The van der Waals surface area contributed by atoms with E-state index in [0.29, 0.717) is 23.6 Å². The van der Waals surface area contributed by atoms with E-state index in [4.69, 9.17) is 11.6 Å². The molecule has 0 saturated heterocycles. The van der Waals surface area contributed by atoms with Gasteiger partial charge in [0.1, 0.15) is 10.7 Å². The van der Waals surface area contributed by atoms with Gasteiger partial charge in [-0.15, -0.1) is 0 Å². The fourth-order valence-corrected chi connectivity index (χ4v) is 6.28. The first-order valence-electron chi connectivity index (χ1n) is 8.48. The zero-order valence-corrected chi connectivity index (χ0v) is 20.0. The number of sulfonamides is 1. The summed E-state index contributed by atoms with van der Waals surface area (Å²) in [6, 6.07) is 2.29. The third-order valence-electron chi connectivity index (χ3n) is 3.96. The van der Waals surface area contributed by atoms with Crippen LogP contribution in [0.2, 0.25) is 5.02 Å². The third-order valence-corrected chi connectivity index (χ3v) is 7.84. The molecule has 164 valence electrons. The van der Waals surface area contributed by atoms with Crippen LogP contribution < -0.4 is 10.0 Å². The molecule has 6 nitrogen and oxygen atoms in total. The lowest BCUT2D eigenvalue weighted by molar-refractivity contribution is 0.330. The first kappa shape index (κ1) is 24.1. The van der Waals surface area contributed by atoms with Gasteiger partial charge in [0, 0.05) is 12.6 Å². The molecule has 0 fully saturated rings. The number of aromatic nitrogens is 1. The Morgan fingerprint density at radius 2 is 1.90 bits per heavy atom. The lowest BCUT2D eigenvalue weighted by atomic mass is 10.2. The second-order valence-electron chi connectivity index (χ2n) is 7.59. The molecule has 1 aromatic carbocycles. The zero-order valence-electron chi connectivity index (χ0n) is 16.8. The second-order valence-corrected chi connectivity index (χ2v) is 15.1. The molecule has 0 aliphatic carbocycles. The number of halogens is 3. The van der Waals surface area contributed by atoms with Crippen molar-refractivity contribution >= 4 is 53.8 Å². The molecule has 0 aliphatic rings. The Kier molecular flexibility index (Phi) is 7.77. The second kappa shape index (κ2) is 9.34. The molecule has 2 aromatic rings. The van der Waals surface area contributed by atoms with Gasteiger partial charge in [-0.2, -0.15) is 4.39 Å². The summed E-state index contributed by atoms with van der Waals surface area (Å²) >= 11 is 6.71.